The van der Waals surface area contributed by atoms with Gasteiger partial charge in [-0.2, -0.15) is 0 Å². The van der Waals surface area contributed by atoms with E-state index < -0.39 is 0 Å². The van der Waals surface area contributed by atoms with Gasteiger partial charge in [-0.05, 0) is 26.2 Å². The lowest BCUT2D eigenvalue weighted by atomic mass is 9.75. The summed E-state index contributed by atoms with van der Waals surface area (Å²) < 4.78 is 5.48. The smallest absolute Gasteiger partial charge is 0.0518 e. The molecule has 3 N–H and O–H groups in total. The lowest BCUT2D eigenvalue weighted by molar-refractivity contribution is 0.0124. The molecular weight excluding hydrogens is 178 g/mol. The summed E-state index contributed by atoms with van der Waals surface area (Å²) in [6, 6.07) is 0. The lowest BCUT2D eigenvalue weighted by Gasteiger charge is -2.34. The van der Waals surface area contributed by atoms with Crippen molar-refractivity contribution in [1.82, 2.24) is 0 Å². The molecule has 0 saturated carbocycles. The largest absolute Gasteiger partial charge is 0.396 e. The molecule has 0 aliphatic carbocycles. The van der Waals surface area contributed by atoms with Crippen molar-refractivity contribution in [2.24, 2.45) is 17.1 Å². The molecule has 3 nitrogen and oxygen atoms in total. The Morgan fingerprint density at radius 2 is 1.86 bits per heavy atom. The fourth-order valence-corrected chi connectivity index (χ4v) is 1.45. The maximum absolute atomic E-state index is 9.38. The first-order chi connectivity index (χ1) is 6.48. The van der Waals surface area contributed by atoms with E-state index in [1.165, 1.54) is 0 Å². The van der Waals surface area contributed by atoms with Gasteiger partial charge in [0, 0.05) is 18.6 Å². The second-order valence-corrected chi connectivity index (χ2v) is 4.55. The summed E-state index contributed by atoms with van der Waals surface area (Å²) >= 11 is 0. The van der Waals surface area contributed by atoms with Crippen LogP contribution in [-0.2, 0) is 4.74 Å². The summed E-state index contributed by atoms with van der Waals surface area (Å²) in [4.78, 5) is 0. The van der Waals surface area contributed by atoms with Crippen molar-refractivity contribution >= 4 is 0 Å². The van der Waals surface area contributed by atoms with E-state index in [0.717, 1.165) is 6.42 Å². The number of hydrogen-bond acceptors (Lipinski definition) is 3. The minimum atomic E-state index is -0.172. The number of ether oxygens (including phenoxy) is 1. The zero-order chi connectivity index (χ0) is 11.2. The Hall–Kier alpha value is -0.120. The van der Waals surface area contributed by atoms with E-state index in [-0.39, 0.29) is 18.1 Å². The fraction of sp³-hybridized carbons (Fsp3) is 1.00. The fourth-order valence-electron chi connectivity index (χ4n) is 1.45. The molecule has 0 spiro atoms. The number of aliphatic hydroxyl groups excluding tert-OH is 1. The normalized spacial score (nSPS) is 16.3. The summed E-state index contributed by atoms with van der Waals surface area (Å²) in [6.45, 7) is 9.55. The lowest BCUT2D eigenvalue weighted by Crippen LogP contribution is -2.40. The van der Waals surface area contributed by atoms with Gasteiger partial charge in [0.1, 0.15) is 0 Å². The molecule has 86 valence electrons. The topological polar surface area (TPSA) is 55.5 Å². The highest BCUT2D eigenvalue weighted by Crippen LogP contribution is 2.29. The highest BCUT2D eigenvalue weighted by Gasteiger charge is 2.31. The molecule has 0 bridgehead atoms. The second kappa shape index (κ2) is 6.38. The van der Waals surface area contributed by atoms with E-state index in [0.29, 0.717) is 19.1 Å². The first-order valence-electron chi connectivity index (χ1n) is 5.41. The van der Waals surface area contributed by atoms with E-state index >= 15 is 0 Å². The van der Waals surface area contributed by atoms with Crippen molar-refractivity contribution in [2.45, 2.75) is 40.2 Å². The quantitative estimate of drug-likeness (QED) is 0.657. The predicted molar refractivity (Wildman–Crippen MR) is 59.1 cm³/mol. The van der Waals surface area contributed by atoms with E-state index in [4.69, 9.17) is 10.5 Å². The Kier molecular flexibility index (Phi) is 6.33. The molecule has 0 rings (SSSR count). The predicted octanol–water partition coefficient (Wildman–Crippen LogP) is 1.39. The summed E-state index contributed by atoms with van der Waals surface area (Å²) in [5, 5.41) is 9.38. The number of nitrogens with two attached hydrogens (primary N) is 1. The molecule has 0 aliphatic rings. The zero-order valence-electron chi connectivity index (χ0n) is 9.92. The van der Waals surface area contributed by atoms with Gasteiger partial charge in [0.05, 0.1) is 12.7 Å². The minimum absolute atomic E-state index is 0.141. The molecule has 0 fully saturated rings. The van der Waals surface area contributed by atoms with Crippen LogP contribution in [0, 0.1) is 11.3 Å². The molecule has 0 aromatic rings. The van der Waals surface area contributed by atoms with Crippen LogP contribution in [0.15, 0.2) is 0 Å². The molecule has 0 saturated heterocycles. The average molecular weight is 203 g/mol. The molecule has 0 radical (unpaired) electrons. The monoisotopic (exact) mass is 203 g/mol. The van der Waals surface area contributed by atoms with Gasteiger partial charge < -0.3 is 15.6 Å². The van der Waals surface area contributed by atoms with Crippen molar-refractivity contribution in [3.63, 3.8) is 0 Å². The maximum Gasteiger partial charge on any atom is 0.0518 e. The minimum Gasteiger partial charge on any atom is -0.396 e. The standard InChI is InChI=1S/C11H25NO2/c1-9(2)11(7-12,8-13)5-6-14-10(3)4/h9-10,13H,5-8,12H2,1-4H3. The molecule has 3 heteroatoms. The molecule has 1 unspecified atom stereocenters. The molecule has 0 amide bonds. The highest BCUT2D eigenvalue weighted by atomic mass is 16.5. The van der Waals surface area contributed by atoms with Crippen LogP contribution in [0.2, 0.25) is 0 Å². The summed E-state index contributed by atoms with van der Waals surface area (Å²) in [6.07, 6.45) is 1.08. The van der Waals surface area contributed by atoms with Gasteiger partial charge in [-0.15, -0.1) is 0 Å². The third-order valence-electron chi connectivity index (χ3n) is 3.00. The Morgan fingerprint density at radius 1 is 1.29 bits per heavy atom. The van der Waals surface area contributed by atoms with Crippen LogP contribution in [0.1, 0.15) is 34.1 Å². The third-order valence-corrected chi connectivity index (χ3v) is 3.00. The van der Waals surface area contributed by atoms with Gasteiger partial charge in [0.25, 0.3) is 0 Å². The van der Waals surface area contributed by atoms with Crippen LogP contribution in [0.25, 0.3) is 0 Å². The summed E-state index contributed by atoms with van der Waals surface area (Å²) in [7, 11) is 0. The molecule has 14 heavy (non-hydrogen) atoms. The maximum atomic E-state index is 9.38. The van der Waals surface area contributed by atoms with Crippen LogP contribution >= 0.6 is 0 Å². The Balaban J connectivity index is 4.08. The van der Waals surface area contributed by atoms with E-state index in [1.807, 2.05) is 13.8 Å². The molecule has 0 aliphatic heterocycles. The van der Waals surface area contributed by atoms with Gasteiger partial charge in [-0.3, -0.25) is 0 Å². The van der Waals surface area contributed by atoms with Crippen molar-refractivity contribution in [2.75, 3.05) is 19.8 Å². The Labute approximate surface area is 87.6 Å². The molecule has 0 heterocycles. The molecule has 0 aromatic heterocycles. The third kappa shape index (κ3) is 3.95. The van der Waals surface area contributed by atoms with Crippen LogP contribution < -0.4 is 5.73 Å². The van der Waals surface area contributed by atoms with Crippen molar-refractivity contribution < 1.29 is 9.84 Å². The van der Waals surface area contributed by atoms with E-state index in [1.54, 1.807) is 0 Å². The van der Waals surface area contributed by atoms with Crippen LogP contribution in [0.5, 0.6) is 0 Å². The first-order valence-corrected chi connectivity index (χ1v) is 5.41. The SMILES string of the molecule is CC(C)OCCC(CN)(CO)C(C)C. The number of hydrogen-bond donors (Lipinski definition) is 2. The summed E-state index contributed by atoms with van der Waals surface area (Å²) in [5.41, 5.74) is 5.55. The van der Waals surface area contributed by atoms with Crippen LogP contribution in [0.4, 0.5) is 0 Å². The molecular formula is C11H25NO2. The molecule has 1 atom stereocenters. The van der Waals surface area contributed by atoms with Gasteiger partial charge in [-0.25, -0.2) is 0 Å². The van der Waals surface area contributed by atoms with E-state index in [2.05, 4.69) is 13.8 Å². The van der Waals surface area contributed by atoms with Crippen molar-refractivity contribution in [1.29, 1.82) is 0 Å². The van der Waals surface area contributed by atoms with Crippen molar-refractivity contribution in [3.8, 4) is 0 Å². The second-order valence-electron chi connectivity index (χ2n) is 4.55. The van der Waals surface area contributed by atoms with Crippen LogP contribution in [-0.4, -0.2) is 31.0 Å². The summed E-state index contributed by atoms with van der Waals surface area (Å²) in [5.74, 6) is 0.383. The zero-order valence-corrected chi connectivity index (χ0v) is 9.92. The number of rotatable bonds is 7. The Morgan fingerprint density at radius 3 is 2.14 bits per heavy atom. The first kappa shape index (κ1) is 13.9. The van der Waals surface area contributed by atoms with Crippen molar-refractivity contribution in [3.05, 3.63) is 0 Å². The highest BCUT2D eigenvalue weighted by molar-refractivity contribution is 4.82. The van der Waals surface area contributed by atoms with Gasteiger partial charge in [0.2, 0.25) is 0 Å². The molecule has 0 aromatic carbocycles. The van der Waals surface area contributed by atoms with Crippen LogP contribution in [0.3, 0.4) is 0 Å². The van der Waals surface area contributed by atoms with E-state index in [9.17, 15) is 5.11 Å². The Bertz CT molecular complexity index is 142. The van der Waals surface area contributed by atoms with Gasteiger partial charge >= 0.3 is 0 Å². The van der Waals surface area contributed by atoms with Gasteiger partial charge in [0.15, 0.2) is 0 Å². The average Bonchev–Trinajstić information content (AvgIpc) is 2.12. The number of aliphatic hydroxyl groups is 1. The van der Waals surface area contributed by atoms with Gasteiger partial charge in [-0.1, -0.05) is 13.8 Å².